The van der Waals surface area contributed by atoms with Gasteiger partial charge in [-0.2, -0.15) is 4.37 Å². The average Bonchev–Trinajstić information content (AvgIpc) is 2.93. The van der Waals surface area contributed by atoms with Crippen LogP contribution in [0.1, 0.15) is 23.9 Å². The number of sulfone groups is 1. The maximum absolute atomic E-state index is 12.2. The van der Waals surface area contributed by atoms with Crippen LogP contribution in [-0.4, -0.2) is 23.5 Å². The molecular weight excluding hydrogens is 316 g/mol. The van der Waals surface area contributed by atoms with Crippen LogP contribution in [-0.2, 0) is 16.4 Å². The van der Waals surface area contributed by atoms with E-state index >= 15 is 0 Å². The molecule has 0 aromatic carbocycles. The van der Waals surface area contributed by atoms with E-state index < -0.39 is 9.84 Å². The first-order valence-corrected chi connectivity index (χ1v) is 9.37. The van der Waals surface area contributed by atoms with Crippen molar-refractivity contribution in [2.75, 3.05) is 16.8 Å². The fourth-order valence-electron chi connectivity index (χ4n) is 1.73. The molecule has 2 aromatic rings. The lowest BCUT2D eigenvalue weighted by Gasteiger charge is -2.07. The van der Waals surface area contributed by atoms with E-state index in [1.54, 1.807) is 5.51 Å². The number of hydrogen-bond acceptors (Lipinski definition) is 8. The summed E-state index contributed by atoms with van der Waals surface area (Å²) in [5, 5.41) is 3.61. The summed E-state index contributed by atoms with van der Waals surface area (Å²) in [6.45, 7) is 4.26. The Hall–Kier alpha value is -1.19. The number of nitrogen functional groups attached to an aromatic ring is 1. The van der Waals surface area contributed by atoms with Crippen LogP contribution >= 0.6 is 22.9 Å². The van der Waals surface area contributed by atoms with E-state index in [0.29, 0.717) is 18.0 Å². The predicted molar refractivity (Wildman–Crippen MR) is 83.0 cm³/mol. The Morgan fingerprint density at radius 2 is 2.20 bits per heavy atom. The lowest BCUT2D eigenvalue weighted by Crippen LogP contribution is -2.10. The first-order chi connectivity index (χ1) is 9.45. The number of rotatable bonds is 6. The Morgan fingerprint density at radius 1 is 1.45 bits per heavy atom. The molecule has 2 rings (SSSR count). The second-order valence-corrected chi connectivity index (χ2v) is 8.02. The quantitative estimate of drug-likeness (QED) is 0.842. The van der Waals surface area contributed by atoms with Crippen LogP contribution in [0, 0.1) is 6.92 Å². The van der Waals surface area contributed by atoms with Gasteiger partial charge < -0.3 is 11.1 Å². The predicted octanol–water partition coefficient (Wildman–Crippen LogP) is 2.29. The third-order valence-electron chi connectivity index (χ3n) is 2.71. The van der Waals surface area contributed by atoms with Crippen LogP contribution in [0.3, 0.4) is 0 Å². The molecule has 3 N–H and O–H groups in total. The van der Waals surface area contributed by atoms with Gasteiger partial charge in [-0.25, -0.2) is 13.4 Å². The second-order valence-electron chi connectivity index (χ2n) is 4.26. The summed E-state index contributed by atoms with van der Waals surface area (Å²) in [6.07, 6.45) is 0.547. The zero-order valence-electron chi connectivity index (χ0n) is 11.2. The molecule has 0 bridgehead atoms. The van der Waals surface area contributed by atoms with Gasteiger partial charge in [0.2, 0.25) is 0 Å². The van der Waals surface area contributed by atoms with E-state index in [9.17, 15) is 8.42 Å². The largest absolute Gasteiger partial charge is 0.382 e. The van der Waals surface area contributed by atoms with Crippen molar-refractivity contribution in [1.82, 2.24) is 9.36 Å². The minimum atomic E-state index is -3.38. The second kappa shape index (κ2) is 6.06. The molecule has 2 aromatic heterocycles. The molecule has 0 unspecified atom stereocenters. The molecule has 0 atom stereocenters. The van der Waals surface area contributed by atoms with Gasteiger partial charge >= 0.3 is 0 Å². The normalized spacial score (nSPS) is 11.7. The van der Waals surface area contributed by atoms with Crippen molar-refractivity contribution in [3.8, 4) is 0 Å². The number of anilines is 2. The van der Waals surface area contributed by atoms with Crippen LogP contribution in [0.15, 0.2) is 10.4 Å². The maximum Gasteiger partial charge on any atom is 0.185 e. The molecule has 0 saturated heterocycles. The van der Waals surface area contributed by atoms with Crippen LogP contribution < -0.4 is 11.1 Å². The molecule has 2 heterocycles. The Balaban J connectivity index is 2.24. The Kier molecular flexibility index (Phi) is 4.61. The summed E-state index contributed by atoms with van der Waals surface area (Å²) in [7, 11) is -3.38. The van der Waals surface area contributed by atoms with Crippen molar-refractivity contribution < 1.29 is 8.42 Å². The van der Waals surface area contributed by atoms with Crippen molar-refractivity contribution in [3.63, 3.8) is 0 Å². The van der Waals surface area contributed by atoms with E-state index in [2.05, 4.69) is 14.7 Å². The van der Waals surface area contributed by atoms with Crippen LogP contribution in [0.5, 0.6) is 0 Å². The highest BCUT2D eigenvalue weighted by atomic mass is 32.2. The molecule has 0 aliphatic heterocycles. The molecule has 0 radical (unpaired) electrons. The first kappa shape index (κ1) is 15.2. The average molecular weight is 332 g/mol. The number of aryl methyl sites for hydroxylation is 1. The first-order valence-electron chi connectivity index (χ1n) is 6.06. The molecule has 0 amide bonds. The van der Waals surface area contributed by atoms with Gasteiger partial charge in [0.15, 0.2) is 15.7 Å². The molecule has 0 aliphatic rings. The van der Waals surface area contributed by atoms with Gasteiger partial charge in [0, 0.05) is 4.88 Å². The van der Waals surface area contributed by atoms with Gasteiger partial charge in [0.25, 0.3) is 0 Å². The monoisotopic (exact) mass is 332 g/mol. The molecule has 0 saturated carbocycles. The van der Waals surface area contributed by atoms with Gasteiger partial charge in [-0.3, -0.25) is 0 Å². The van der Waals surface area contributed by atoms with E-state index in [4.69, 9.17) is 5.73 Å². The van der Waals surface area contributed by atoms with Gasteiger partial charge in [0.1, 0.15) is 9.90 Å². The third kappa shape index (κ3) is 3.10. The smallest absolute Gasteiger partial charge is 0.185 e. The minimum Gasteiger partial charge on any atom is -0.382 e. The number of nitrogens with one attached hydrogen (secondary N) is 1. The fraction of sp³-hybridized carbons (Fsp3) is 0.455. The van der Waals surface area contributed by atoms with Crippen molar-refractivity contribution in [2.24, 2.45) is 0 Å². The molecule has 6 nitrogen and oxygen atoms in total. The summed E-state index contributed by atoms with van der Waals surface area (Å²) in [5.41, 5.74) is 8.42. The molecule has 0 aliphatic carbocycles. The molecule has 0 fully saturated rings. The van der Waals surface area contributed by atoms with Gasteiger partial charge in [-0.15, -0.1) is 11.3 Å². The topological polar surface area (TPSA) is 98.0 Å². The Bertz CT molecular complexity index is 690. The minimum absolute atomic E-state index is 0.0733. The summed E-state index contributed by atoms with van der Waals surface area (Å²) in [6, 6.07) is 0. The van der Waals surface area contributed by atoms with Gasteiger partial charge in [-0.1, -0.05) is 6.92 Å². The number of hydrogen-bond donors (Lipinski definition) is 2. The Morgan fingerprint density at radius 3 is 2.80 bits per heavy atom. The lowest BCUT2D eigenvalue weighted by molar-refractivity contribution is 0.595. The van der Waals surface area contributed by atoms with E-state index in [0.717, 1.165) is 22.1 Å². The standard InChI is InChI=1S/C11H16N4O2S3/c1-3-4-20(16,17)9-10(12)15-19-11(9)13-5-8-7(2)14-6-18-8/h6,13H,3-5H2,1-2H3,(H2,12,15). The molecular formula is C11H16N4O2S3. The van der Waals surface area contributed by atoms with Crippen LogP contribution in [0.25, 0.3) is 0 Å². The number of nitrogens with two attached hydrogens (primary N) is 1. The SMILES string of the molecule is CCCS(=O)(=O)c1c(N)nsc1NCc1scnc1C. The zero-order chi connectivity index (χ0) is 14.8. The molecule has 110 valence electrons. The summed E-state index contributed by atoms with van der Waals surface area (Å²) in [5.74, 6) is 0.149. The summed E-state index contributed by atoms with van der Waals surface area (Å²) < 4.78 is 28.4. The highest BCUT2D eigenvalue weighted by Gasteiger charge is 2.24. The fourth-order valence-corrected chi connectivity index (χ4v) is 5.07. The van der Waals surface area contributed by atoms with E-state index in [1.165, 1.54) is 11.3 Å². The van der Waals surface area contributed by atoms with Crippen molar-refractivity contribution in [2.45, 2.75) is 31.7 Å². The molecule has 9 heteroatoms. The van der Waals surface area contributed by atoms with E-state index in [-0.39, 0.29) is 16.5 Å². The van der Waals surface area contributed by atoms with Gasteiger partial charge in [-0.05, 0) is 24.9 Å². The number of thiazole rings is 1. The van der Waals surface area contributed by atoms with Crippen LogP contribution in [0.2, 0.25) is 0 Å². The number of aromatic nitrogens is 2. The zero-order valence-corrected chi connectivity index (χ0v) is 13.7. The van der Waals surface area contributed by atoms with Crippen molar-refractivity contribution in [1.29, 1.82) is 0 Å². The maximum atomic E-state index is 12.2. The van der Waals surface area contributed by atoms with Crippen molar-refractivity contribution in [3.05, 3.63) is 16.1 Å². The molecule has 20 heavy (non-hydrogen) atoms. The highest BCUT2D eigenvalue weighted by molar-refractivity contribution is 7.91. The number of nitrogens with zero attached hydrogens (tertiary/aromatic N) is 2. The summed E-state index contributed by atoms with van der Waals surface area (Å²) in [4.78, 5) is 5.35. The summed E-state index contributed by atoms with van der Waals surface area (Å²) >= 11 is 2.60. The molecule has 0 spiro atoms. The Labute approximate surface area is 126 Å². The highest BCUT2D eigenvalue weighted by Crippen LogP contribution is 2.33. The third-order valence-corrected chi connectivity index (χ3v) is 6.58. The van der Waals surface area contributed by atoms with Gasteiger partial charge in [0.05, 0.1) is 23.5 Å². The van der Waals surface area contributed by atoms with Crippen LogP contribution in [0.4, 0.5) is 10.8 Å². The lowest BCUT2D eigenvalue weighted by atomic mass is 10.4. The van der Waals surface area contributed by atoms with E-state index in [1.807, 2.05) is 13.8 Å². The van der Waals surface area contributed by atoms with Crippen molar-refractivity contribution >= 4 is 43.5 Å².